The molecule has 0 bridgehead atoms. The first-order valence-electron chi connectivity index (χ1n) is 9.61. The topological polar surface area (TPSA) is 71.7 Å². The van der Waals surface area contributed by atoms with Crippen LogP contribution in [-0.4, -0.2) is 24.1 Å². The largest absolute Gasteiger partial charge is 0.444 e. The highest BCUT2D eigenvalue weighted by Crippen LogP contribution is 2.19. The van der Waals surface area contributed by atoms with Gasteiger partial charge in [0, 0.05) is 12.1 Å². The van der Waals surface area contributed by atoms with Gasteiger partial charge in [0.1, 0.15) is 12.0 Å². The first-order chi connectivity index (χ1) is 14.5. The number of nitrogens with zero attached hydrogens (tertiary/aromatic N) is 2. The van der Waals surface area contributed by atoms with Crippen LogP contribution in [0.2, 0.25) is 0 Å². The highest BCUT2D eigenvalue weighted by atomic mass is 19.3. The van der Waals surface area contributed by atoms with E-state index in [-0.39, 0.29) is 5.75 Å². The maximum atomic E-state index is 12.4. The number of guanidine groups is 1. The van der Waals surface area contributed by atoms with Crippen molar-refractivity contribution in [2.24, 2.45) is 4.99 Å². The smallest absolute Gasteiger partial charge is 0.387 e. The van der Waals surface area contributed by atoms with Gasteiger partial charge in [-0.15, -0.1) is 0 Å². The Hall–Kier alpha value is -3.42. The van der Waals surface area contributed by atoms with Crippen LogP contribution in [0.1, 0.15) is 23.7 Å². The van der Waals surface area contributed by atoms with Crippen molar-refractivity contribution in [3.05, 3.63) is 71.6 Å². The summed E-state index contributed by atoms with van der Waals surface area (Å²) in [6.45, 7) is 2.54. The lowest BCUT2D eigenvalue weighted by Gasteiger charge is -2.10. The summed E-state index contributed by atoms with van der Waals surface area (Å²) in [4.78, 5) is 8.99. The van der Waals surface area contributed by atoms with E-state index in [1.165, 1.54) is 11.6 Å². The Morgan fingerprint density at radius 3 is 2.70 bits per heavy atom. The van der Waals surface area contributed by atoms with Gasteiger partial charge in [0.05, 0.1) is 18.8 Å². The predicted octanol–water partition coefficient (Wildman–Crippen LogP) is 4.51. The molecule has 0 aliphatic rings. The second-order valence-corrected chi connectivity index (χ2v) is 6.58. The maximum absolute atomic E-state index is 12.4. The number of alkyl halides is 2. The van der Waals surface area contributed by atoms with Crippen LogP contribution in [0, 0.1) is 6.92 Å². The van der Waals surface area contributed by atoms with Crippen molar-refractivity contribution >= 4 is 5.96 Å². The second kappa shape index (κ2) is 10.4. The summed E-state index contributed by atoms with van der Waals surface area (Å²) in [5, 5.41) is 6.34. The van der Waals surface area contributed by atoms with Gasteiger partial charge in [0.25, 0.3) is 0 Å². The molecule has 0 unspecified atom stereocenters. The van der Waals surface area contributed by atoms with E-state index in [9.17, 15) is 8.78 Å². The normalized spacial score (nSPS) is 11.6. The van der Waals surface area contributed by atoms with Gasteiger partial charge < -0.3 is 19.8 Å². The van der Waals surface area contributed by atoms with Crippen LogP contribution in [0.5, 0.6) is 5.75 Å². The molecule has 3 aromatic rings. The Morgan fingerprint density at radius 2 is 1.97 bits per heavy atom. The third-order valence-corrected chi connectivity index (χ3v) is 4.17. The summed E-state index contributed by atoms with van der Waals surface area (Å²) >= 11 is 0. The van der Waals surface area contributed by atoms with E-state index in [4.69, 9.17) is 4.42 Å². The van der Waals surface area contributed by atoms with Crippen LogP contribution in [0.15, 0.2) is 64.2 Å². The van der Waals surface area contributed by atoms with Gasteiger partial charge in [-0.1, -0.05) is 29.8 Å². The van der Waals surface area contributed by atoms with Gasteiger partial charge in [0.15, 0.2) is 5.96 Å². The standard InChI is InChI=1S/C22H24F2N4O2/c1-3-25-22(26-12-16-5-4-6-19(11-16)30-21(23)24)27-13-18-14-29-20(28-18)17-9-7-15(2)8-10-17/h4-11,14,21H,3,12-13H2,1-2H3,(H2,25,26,27). The fraction of sp³-hybridized carbons (Fsp3) is 0.273. The Morgan fingerprint density at radius 1 is 1.17 bits per heavy atom. The average molecular weight is 414 g/mol. The fourth-order valence-electron chi connectivity index (χ4n) is 2.72. The first kappa shape index (κ1) is 21.3. The zero-order valence-corrected chi connectivity index (χ0v) is 16.9. The van der Waals surface area contributed by atoms with E-state index < -0.39 is 6.61 Å². The van der Waals surface area contributed by atoms with Crippen LogP contribution in [-0.2, 0) is 13.1 Å². The number of nitrogens with one attached hydrogen (secondary N) is 2. The molecule has 0 saturated heterocycles. The molecule has 0 atom stereocenters. The van der Waals surface area contributed by atoms with Gasteiger partial charge in [0.2, 0.25) is 5.89 Å². The van der Waals surface area contributed by atoms with Crippen molar-refractivity contribution in [1.29, 1.82) is 0 Å². The quantitative estimate of drug-likeness (QED) is 0.419. The van der Waals surface area contributed by atoms with Crippen LogP contribution < -0.4 is 15.4 Å². The number of aliphatic imine (C=N–C) groups is 1. The second-order valence-electron chi connectivity index (χ2n) is 6.58. The summed E-state index contributed by atoms with van der Waals surface area (Å²) in [5.74, 6) is 1.25. The fourth-order valence-corrected chi connectivity index (χ4v) is 2.72. The Bertz CT molecular complexity index is 971. The molecule has 1 aromatic heterocycles. The zero-order valence-electron chi connectivity index (χ0n) is 16.9. The van der Waals surface area contributed by atoms with Crippen molar-refractivity contribution in [2.45, 2.75) is 33.5 Å². The Kier molecular flexibility index (Phi) is 7.37. The van der Waals surface area contributed by atoms with E-state index in [0.717, 1.165) is 16.8 Å². The average Bonchev–Trinajstić information content (AvgIpc) is 3.19. The molecule has 158 valence electrons. The molecule has 0 fully saturated rings. The van der Waals surface area contributed by atoms with Crippen LogP contribution in [0.25, 0.3) is 11.5 Å². The molecular weight excluding hydrogens is 390 g/mol. The van der Waals surface area contributed by atoms with Crippen LogP contribution >= 0.6 is 0 Å². The highest BCUT2D eigenvalue weighted by molar-refractivity contribution is 5.79. The number of benzene rings is 2. The molecule has 0 saturated carbocycles. The molecule has 0 aliphatic carbocycles. The molecular formula is C22H24F2N4O2. The molecule has 0 aliphatic heterocycles. The number of hydrogen-bond acceptors (Lipinski definition) is 4. The third-order valence-electron chi connectivity index (χ3n) is 4.17. The van der Waals surface area contributed by atoms with E-state index in [1.54, 1.807) is 24.5 Å². The number of aryl methyl sites for hydroxylation is 1. The van der Waals surface area contributed by atoms with Crippen molar-refractivity contribution in [1.82, 2.24) is 15.6 Å². The lowest BCUT2D eigenvalue weighted by Crippen LogP contribution is -2.36. The number of hydrogen-bond donors (Lipinski definition) is 2. The number of ether oxygens (including phenoxy) is 1. The molecule has 0 amide bonds. The predicted molar refractivity (Wildman–Crippen MR) is 111 cm³/mol. The molecule has 30 heavy (non-hydrogen) atoms. The van der Waals surface area contributed by atoms with Gasteiger partial charge in [-0.2, -0.15) is 8.78 Å². The summed E-state index contributed by atoms with van der Waals surface area (Å²) in [5.41, 5.74) is 3.58. The minimum absolute atomic E-state index is 0.113. The van der Waals surface area contributed by atoms with Crippen molar-refractivity contribution in [2.75, 3.05) is 6.54 Å². The number of halogens is 2. The number of oxazole rings is 1. The molecule has 0 radical (unpaired) electrons. The summed E-state index contributed by atoms with van der Waals surface area (Å²) in [6.07, 6.45) is 1.61. The van der Waals surface area contributed by atoms with Gasteiger partial charge >= 0.3 is 6.61 Å². The molecule has 3 rings (SSSR count). The zero-order chi connectivity index (χ0) is 21.3. The lowest BCUT2D eigenvalue weighted by molar-refractivity contribution is -0.0498. The molecule has 1 heterocycles. The minimum atomic E-state index is -2.85. The SMILES string of the molecule is CCNC(=NCc1cccc(OC(F)F)c1)NCc1coc(-c2ccc(C)cc2)n1. The molecule has 8 heteroatoms. The first-order valence-corrected chi connectivity index (χ1v) is 9.61. The van der Waals surface area contributed by atoms with Gasteiger partial charge in [-0.25, -0.2) is 9.98 Å². The van der Waals surface area contributed by atoms with E-state index >= 15 is 0 Å². The summed E-state index contributed by atoms with van der Waals surface area (Å²) in [6, 6.07) is 14.4. The minimum Gasteiger partial charge on any atom is -0.444 e. The molecule has 6 nitrogen and oxygen atoms in total. The monoisotopic (exact) mass is 414 g/mol. The van der Waals surface area contributed by atoms with Gasteiger partial charge in [-0.05, 0) is 43.7 Å². The van der Waals surface area contributed by atoms with Crippen molar-refractivity contribution < 1.29 is 17.9 Å². The molecule has 0 spiro atoms. The Balaban J connectivity index is 1.61. The van der Waals surface area contributed by atoms with E-state index in [2.05, 4.69) is 25.3 Å². The maximum Gasteiger partial charge on any atom is 0.387 e. The van der Waals surface area contributed by atoms with Crippen LogP contribution in [0.3, 0.4) is 0 Å². The summed E-state index contributed by atoms with van der Waals surface area (Å²) in [7, 11) is 0. The Labute approximate surface area is 174 Å². The lowest BCUT2D eigenvalue weighted by atomic mass is 10.1. The summed E-state index contributed by atoms with van der Waals surface area (Å²) < 4.78 is 34.7. The van der Waals surface area contributed by atoms with Crippen molar-refractivity contribution in [3.63, 3.8) is 0 Å². The van der Waals surface area contributed by atoms with Crippen LogP contribution in [0.4, 0.5) is 8.78 Å². The molecule has 2 aromatic carbocycles. The third kappa shape index (κ3) is 6.30. The van der Waals surface area contributed by atoms with Crippen molar-refractivity contribution in [3.8, 4) is 17.2 Å². The number of rotatable bonds is 8. The van der Waals surface area contributed by atoms with Gasteiger partial charge in [-0.3, -0.25) is 0 Å². The number of aromatic nitrogens is 1. The highest BCUT2D eigenvalue weighted by Gasteiger charge is 2.08. The van der Waals surface area contributed by atoms with E-state index in [0.29, 0.717) is 31.5 Å². The van der Waals surface area contributed by atoms with E-state index in [1.807, 2.05) is 38.1 Å². The molecule has 2 N–H and O–H groups in total.